The van der Waals surface area contributed by atoms with Gasteiger partial charge in [-0.15, -0.1) is 0 Å². The van der Waals surface area contributed by atoms with Crippen LogP contribution in [0.15, 0.2) is 41.6 Å². The summed E-state index contributed by atoms with van der Waals surface area (Å²) in [5.41, 5.74) is -2.13. The molecule has 4 rings (SSSR count). The molecule has 19 heteroatoms. The lowest BCUT2D eigenvalue weighted by molar-refractivity contribution is -0.138. The third kappa shape index (κ3) is 6.67. The first-order valence-electron chi connectivity index (χ1n) is 11.1. The van der Waals surface area contributed by atoms with E-state index in [1.54, 1.807) is 0 Å². The van der Waals surface area contributed by atoms with Crippen LogP contribution in [0.2, 0.25) is 0 Å². The van der Waals surface area contributed by atoms with Crippen LogP contribution < -0.4 is 20.9 Å². The number of phosphoric acid groups is 1. The molecule has 0 unspecified atom stereocenters. The molecular weight excluding hydrogens is 576 g/mol. The summed E-state index contributed by atoms with van der Waals surface area (Å²) in [6.07, 6.45) is -1.63. The predicted molar refractivity (Wildman–Crippen MR) is 134 cm³/mol. The number of anilines is 3. The molecule has 0 saturated carbocycles. The molecular formula is C22H18F3N8O7P. The minimum atomic E-state index is -4.86. The Morgan fingerprint density at radius 3 is 2.63 bits per heavy atom. The summed E-state index contributed by atoms with van der Waals surface area (Å²) < 4.78 is 62.5. The Morgan fingerprint density at radius 2 is 1.98 bits per heavy atom. The van der Waals surface area contributed by atoms with Crippen molar-refractivity contribution in [2.75, 3.05) is 17.2 Å². The first-order chi connectivity index (χ1) is 19.2. The summed E-state index contributed by atoms with van der Waals surface area (Å²) in [7, 11) is -2.25. The molecule has 4 N–H and O–H groups in total. The van der Waals surface area contributed by atoms with Crippen molar-refractivity contribution >= 4 is 42.3 Å². The van der Waals surface area contributed by atoms with Gasteiger partial charge in [0.25, 0.3) is 11.5 Å². The number of hydrogen-bond acceptors (Lipinski definition) is 10. The second kappa shape index (κ2) is 11.0. The Balaban J connectivity index is 1.63. The molecule has 15 nitrogen and oxygen atoms in total. The molecule has 0 aliphatic rings. The van der Waals surface area contributed by atoms with E-state index in [2.05, 4.69) is 30.1 Å². The van der Waals surface area contributed by atoms with Crippen LogP contribution in [0.1, 0.15) is 11.1 Å². The number of nitrogens with one attached hydrogen (secondary N) is 2. The summed E-state index contributed by atoms with van der Waals surface area (Å²) in [4.78, 5) is 53.9. The number of nitrogens with zero attached hydrogens (tertiary/aromatic N) is 6. The maximum Gasteiger partial charge on any atom is 0.470 e. The Kier molecular flexibility index (Phi) is 7.81. The molecule has 0 fully saturated rings. The highest BCUT2D eigenvalue weighted by atomic mass is 31.2. The van der Waals surface area contributed by atoms with Crippen molar-refractivity contribution in [2.24, 2.45) is 14.1 Å². The highest BCUT2D eigenvalue weighted by molar-refractivity contribution is 7.46. The number of carbonyl (C=O) groups excluding carboxylic acids is 1. The number of aryl methyl sites for hydroxylation is 2. The van der Waals surface area contributed by atoms with Crippen molar-refractivity contribution < 1.29 is 41.6 Å². The van der Waals surface area contributed by atoms with Crippen LogP contribution >= 0.6 is 7.82 Å². The number of alkyl halides is 3. The Morgan fingerprint density at radius 1 is 1.24 bits per heavy atom. The minimum absolute atomic E-state index is 0.0236. The van der Waals surface area contributed by atoms with E-state index in [0.29, 0.717) is 12.3 Å². The Hall–Kier alpha value is -4.82. The number of halogens is 3. The Bertz CT molecular complexity index is 1810. The minimum Gasteiger partial charge on any atom is -0.454 e. The predicted octanol–water partition coefficient (Wildman–Crippen LogP) is 2.54. The lowest BCUT2D eigenvalue weighted by Gasteiger charge is -2.12. The zero-order valence-corrected chi connectivity index (χ0v) is 21.8. The number of ether oxygens (including phenoxy) is 1. The molecule has 41 heavy (non-hydrogen) atoms. The fraction of sp³-hybridized carbons (Fsp3) is 0.182. The number of rotatable bonds is 8. The number of pyridine rings is 3. The van der Waals surface area contributed by atoms with E-state index in [4.69, 9.17) is 14.5 Å². The van der Waals surface area contributed by atoms with Crippen LogP contribution in [0.3, 0.4) is 0 Å². The molecule has 4 aromatic heterocycles. The van der Waals surface area contributed by atoms with Crippen LogP contribution in [-0.2, 0) is 34.2 Å². The van der Waals surface area contributed by atoms with E-state index in [1.165, 1.54) is 43.2 Å². The molecule has 4 aromatic rings. The van der Waals surface area contributed by atoms with Crippen molar-refractivity contribution in [1.29, 1.82) is 5.26 Å². The molecule has 0 radical (unpaired) electrons. The van der Waals surface area contributed by atoms with Gasteiger partial charge in [-0.05, 0) is 12.1 Å². The zero-order chi connectivity index (χ0) is 30.1. The maximum atomic E-state index is 13.3. The van der Waals surface area contributed by atoms with Gasteiger partial charge in [0.1, 0.15) is 41.0 Å². The summed E-state index contributed by atoms with van der Waals surface area (Å²) in [6.45, 7) is -0.945. The van der Waals surface area contributed by atoms with Gasteiger partial charge in [-0.25, -0.2) is 14.5 Å². The average molecular weight is 594 g/mol. The second-order valence-corrected chi connectivity index (χ2v) is 9.49. The van der Waals surface area contributed by atoms with Crippen LogP contribution in [0, 0.1) is 11.3 Å². The highest BCUT2D eigenvalue weighted by Gasteiger charge is 2.32. The highest BCUT2D eigenvalue weighted by Crippen LogP contribution is 2.36. The third-order valence-electron chi connectivity index (χ3n) is 5.32. The SMILES string of the molecule is Cn1cc(C(F)(F)F)cc(Nc2nc3ncc(Oc4ccnc(NC(=O)COP(=O)(O)O)c4)c(C#N)c3n2C)c1=O. The van der Waals surface area contributed by atoms with E-state index in [-0.39, 0.29) is 40.0 Å². The topological polar surface area (TPSA) is 207 Å². The van der Waals surface area contributed by atoms with Crippen LogP contribution in [0.4, 0.5) is 30.6 Å². The third-order valence-corrected chi connectivity index (χ3v) is 5.79. The molecule has 0 saturated heterocycles. The van der Waals surface area contributed by atoms with E-state index >= 15 is 0 Å². The molecule has 0 bridgehead atoms. The standard InChI is InChI=1S/C22H18F3N8O7P/c1-32-9-11(22(23,24)25)5-14(20(32)35)29-21-31-19-18(33(21)2)13(7-26)15(8-28-19)40-12-3-4-27-16(6-12)30-17(34)10-39-41(36,37)38/h3-6,8-9H,10H2,1-2H3,(H,27,30,34)(H,28,29,31)(H2,36,37,38). The average Bonchev–Trinajstić information content (AvgIpc) is 3.19. The number of fused-ring (bicyclic) bond motifs is 1. The van der Waals surface area contributed by atoms with Crippen molar-refractivity contribution in [3.8, 4) is 17.6 Å². The van der Waals surface area contributed by atoms with Crippen LogP contribution in [0.5, 0.6) is 11.5 Å². The lowest BCUT2D eigenvalue weighted by Crippen LogP contribution is -2.23. The number of phosphoric ester groups is 1. The first kappa shape index (κ1) is 29.2. The summed E-state index contributed by atoms with van der Waals surface area (Å²) in [5.74, 6) is -1.04. The molecule has 0 aromatic carbocycles. The van der Waals surface area contributed by atoms with Crippen molar-refractivity contribution in [3.05, 3.63) is 58.3 Å². The van der Waals surface area contributed by atoms with Gasteiger partial charge >= 0.3 is 14.0 Å². The van der Waals surface area contributed by atoms with Gasteiger partial charge in [0.15, 0.2) is 11.4 Å². The van der Waals surface area contributed by atoms with E-state index in [0.717, 1.165) is 4.57 Å². The Labute approximate surface area is 227 Å². The van der Waals surface area contributed by atoms with Gasteiger partial charge < -0.3 is 34.3 Å². The van der Waals surface area contributed by atoms with Gasteiger partial charge in [-0.3, -0.25) is 14.1 Å². The summed E-state index contributed by atoms with van der Waals surface area (Å²) in [5, 5.41) is 14.7. The molecule has 4 heterocycles. The molecule has 1 amide bonds. The maximum absolute atomic E-state index is 13.3. The van der Waals surface area contributed by atoms with E-state index in [9.17, 15) is 32.6 Å². The number of amides is 1. The lowest BCUT2D eigenvalue weighted by atomic mass is 10.2. The number of aromatic nitrogens is 5. The molecule has 214 valence electrons. The number of hydrogen-bond donors (Lipinski definition) is 4. The number of carbonyl (C=O) groups is 1. The second-order valence-electron chi connectivity index (χ2n) is 8.25. The summed E-state index contributed by atoms with van der Waals surface area (Å²) >= 11 is 0. The molecule has 0 atom stereocenters. The fourth-order valence-electron chi connectivity index (χ4n) is 3.52. The van der Waals surface area contributed by atoms with Crippen molar-refractivity contribution in [1.82, 2.24) is 24.1 Å². The van der Waals surface area contributed by atoms with Gasteiger partial charge in [0.2, 0.25) is 5.95 Å². The number of nitriles is 1. The number of imidazole rings is 1. The fourth-order valence-corrected chi connectivity index (χ4v) is 3.81. The normalized spacial score (nSPS) is 11.8. The first-order valence-corrected chi connectivity index (χ1v) is 12.6. The van der Waals surface area contributed by atoms with Crippen LogP contribution in [0.25, 0.3) is 11.2 Å². The quantitative estimate of drug-likeness (QED) is 0.217. The van der Waals surface area contributed by atoms with Gasteiger partial charge in [-0.1, -0.05) is 0 Å². The largest absolute Gasteiger partial charge is 0.470 e. The van der Waals surface area contributed by atoms with Gasteiger partial charge in [-0.2, -0.15) is 23.4 Å². The zero-order valence-electron chi connectivity index (χ0n) is 20.9. The van der Waals surface area contributed by atoms with Crippen molar-refractivity contribution in [2.45, 2.75) is 6.18 Å². The van der Waals surface area contributed by atoms with Gasteiger partial charge in [0.05, 0.1) is 11.8 Å². The summed E-state index contributed by atoms with van der Waals surface area (Å²) in [6, 6.07) is 5.24. The monoisotopic (exact) mass is 594 g/mol. The van der Waals surface area contributed by atoms with Crippen LogP contribution in [-0.4, -0.2) is 46.4 Å². The molecule has 0 spiro atoms. The van der Waals surface area contributed by atoms with E-state index in [1.807, 2.05) is 6.07 Å². The smallest absolute Gasteiger partial charge is 0.454 e. The van der Waals surface area contributed by atoms with E-state index < -0.39 is 43.3 Å². The molecule has 0 aliphatic heterocycles. The van der Waals surface area contributed by atoms with Gasteiger partial charge in [0, 0.05) is 32.6 Å². The van der Waals surface area contributed by atoms with Crippen molar-refractivity contribution in [3.63, 3.8) is 0 Å². The molecule has 0 aliphatic carbocycles.